The molecule has 1 heterocycles. The lowest BCUT2D eigenvalue weighted by molar-refractivity contribution is 1.16. The van der Waals surface area contributed by atoms with Crippen molar-refractivity contribution < 1.29 is 0 Å². The van der Waals surface area contributed by atoms with E-state index in [1.807, 2.05) is 0 Å². The van der Waals surface area contributed by atoms with Gasteiger partial charge in [-0.3, -0.25) is 0 Å². The van der Waals surface area contributed by atoms with Crippen molar-refractivity contribution in [1.29, 1.82) is 0 Å². The van der Waals surface area contributed by atoms with E-state index in [2.05, 4.69) is 54.2 Å². The van der Waals surface area contributed by atoms with Crippen LogP contribution in [0.5, 0.6) is 0 Å². The maximum Gasteiger partial charge on any atom is 0.0327 e. The molecule has 0 aromatic carbocycles. The van der Waals surface area contributed by atoms with Crippen LogP contribution in [0, 0.1) is 6.92 Å². The molecule has 0 saturated heterocycles. The fraction of sp³-hybridized carbons (Fsp3) is 0.400. The Hall–Kier alpha value is -0.0800. The minimum absolute atomic E-state index is 0.471. The molecule has 0 saturated carbocycles. The van der Waals surface area contributed by atoms with E-state index in [-0.39, 0.29) is 0 Å². The second-order valence-corrected chi connectivity index (χ2v) is 5.29. The summed E-state index contributed by atoms with van der Waals surface area (Å²) in [5.74, 6) is 0. The molecule has 1 aromatic rings. The molecule has 2 heteroatoms. The molecular weight excluding hydrogens is 232 g/mol. The number of allylic oxidation sites excluding steroid dienone is 1. The van der Waals surface area contributed by atoms with E-state index in [1.165, 1.54) is 16.0 Å². The number of halogens is 1. The van der Waals surface area contributed by atoms with Crippen LogP contribution in [0.4, 0.5) is 0 Å². The highest BCUT2D eigenvalue weighted by atomic mass is 79.9. The third-order valence-corrected chi connectivity index (χ3v) is 3.58. The third-order valence-electron chi connectivity index (χ3n) is 1.89. The second kappa shape index (κ2) is 4.24. The van der Waals surface area contributed by atoms with Crippen molar-refractivity contribution in [3.63, 3.8) is 0 Å². The van der Waals surface area contributed by atoms with Gasteiger partial charge in [0.05, 0.1) is 0 Å². The van der Waals surface area contributed by atoms with E-state index in [9.17, 15) is 0 Å². The molecule has 66 valence electrons. The van der Waals surface area contributed by atoms with E-state index in [4.69, 9.17) is 0 Å². The first-order chi connectivity index (χ1) is 5.61. The zero-order valence-electron chi connectivity index (χ0n) is 7.60. The van der Waals surface area contributed by atoms with Crippen molar-refractivity contribution in [1.82, 2.24) is 0 Å². The van der Waals surface area contributed by atoms with Gasteiger partial charge in [-0.05, 0) is 43.9 Å². The molecule has 0 nitrogen and oxygen atoms in total. The summed E-state index contributed by atoms with van der Waals surface area (Å²) in [6.07, 6.45) is 2.25. The highest BCUT2D eigenvalue weighted by Gasteiger charge is 2.00. The topological polar surface area (TPSA) is 0 Å². The number of alkyl halides is 1. The molecule has 0 fully saturated rings. The van der Waals surface area contributed by atoms with Gasteiger partial charge >= 0.3 is 0 Å². The van der Waals surface area contributed by atoms with Gasteiger partial charge in [0.2, 0.25) is 0 Å². The number of hydrogen-bond acceptors (Lipinski definition) is 1. The summed E-state index contributed by atoms with van der Waals surface area (Å²) in [5.41, 5.74) is 2.74. The maximum atomic E-state index is 3.55. The van der Waals surface area contributed by atoms with Crippen LogP contribution in [0.25, 0.3) is 6.08 Å². The number of hydrogen-bond donors (Lipinski definition) is 0. The molecule has 0 radical (unpaired) electrons. The minimum Gasteiger partial charge on any atom is -0.144 e. The zero-order chi connectivity index (χ0) is 9.14. The van der Waals surface area contributed by atoms with E-state index >= 15 is 0 Å². The normalized spacial score (nSPS) is 14.8. The Balaban J connectivity index is 2.87. The lowest BCUT2D eigenvalue weighted by Gasteiger charge is -2.01. The molecule has 12 heavy (non-hydrogen) atoms. The third kappa shape index (κ3) is 2.46. The minimum atomic E-state index is 0.471. The first-order valence-corrected chi connectivity index (χ1v) is 5.77. The molecule has 1 rings (SSSR count). The van der Waals surface area contributed by atoms with Crippen LogP contribution in [0.3, 0.4) is 0 Å². The SMILES string of the molecule is C/C(=C\c1sccc1C)C(C)Br. The zero-order valence-corrected chi connectivity index (χ0v) is 10.00. The van der Waals surface area contributed by atoms with Gasteiger partial charge in [0.25, 0.3) is 0 Å². The van der Waals surface area contributed by atoms with Crippen LogP contribution in [0.15, 0.2) is 17.0 Å². The monoisotopic (exact) mass is 244 g/mol. The Kier molecular flexibility index (Phi) is 3.53. The molecule has 1 unspecified atom stereocenters. The Labute approximate surface area is 86.4 Å². The predicted octanol–water partition coefficient (Wildman–Crippen LogP) is 4.24. The number of aryl methyl sites for hydroxylation is 1. The summed E-state index contributed by atoms with van der Waals surface area (Å²) in [5, 5.41) is 2.13. The van der Waals surface area contributed by atoms with Gasteiger partial charge in [-0.15, -0.1) is 11.3 Å². The Morgan fingerprint density at radius 1 is 1.67 bits per heavy atom. The molecule has 0 N–H and O–H groups in total. The van der Waals surface area contributed by atoms with Crippen molar-refractivity contribution in [3.8, 4) is 0 Å². The van der Waals surface area contributed by atoms with Crippen LogP contribution in [-0.2, 0) is 0 Å². The average molecular weight is 245 g/mol. The van der Waals surface area contributed by atoms with E-state index in [0.29, 0.717) is 4.83 Å². The van der Waals surface area contributed by atoms with Crippen molar-refractivity contribution in [2.45, 2.75) is 25.6 Å². The van der Waals surface area contributed by atoms with Crippen LogP contribution >= 0.6 is 27.3 Å². The standard InChI is InChI=1S/C10H13BrS/c1-7-4-5-12-10(7)6-8(2)9(3)11/h4-6,9H,1-3H3/b8-6+. The van der Waals surface area contributed by atoms with Crippen molar-refractivity contribution in [3.05, 3.63) is 27.5 Å². The van der Waals surface area contributed by atoms with Gasteiger partial charge in [-0.1, -0.05) is 21.5 Å². The first kappa shape index (κ1) is 10.0. The maximum absolute atomic E-state index is 3.55. The summed E-state index contributed by atoms with van der Waals surface area (Å²) in [6, 6.07) is 2.16. The number of rotatable bonds is 2. The molecule has 0 spiro atoms. The van der Waals surface area contributed by atoms with Crippen LogP contribution in [0.1, 0.15) is 24.3 Å². The molecule has 0 aliphatic heterocycles. The van der Waals surface area contributed by atoms with Crippen molar-refractivity contribution >= 4 is 33.3 Å². The van der Waals surface area contributed by atoms with Gasteiger partial charge in [-0.25, -0.2) is 0 Å². The van der Waals surface area contributed by atoms with Gasteiger partial charge in [-0.2, -0.15) is 0 Å². The largest absolute Gasteiger partial charge is 0.144 e. The van der Waals surface area contributed by atoms with Gasteiger partial charge in [0.15, 0.2) is 0 Å². The summed E-state index contributed by atoms with van der Waals surface area (Å²) in [7, 11) is 0. The lowest BCUT2D eigenvalue weighted by Crippen LogP contribution is -1.90. The molecule has 1 atom stereocenters. The number of thiophene rings is 1. The lowest BCUT2D eigenvalue weighted by atomic mass is 10.2. The van der Waals surface area contributed by atoms with E-state index in [1.54, 1.807) is 11.3 Å². The summed E-state index contributed by atoms with van der Waals surface area (Å²) in [4.78, 5) is 1.85. The summed E-state index contributed by atoms with van der Waals surface area (Å²) >= 11 is 5.34. The molecule has 0 aliphatic carbocycles. The van der Waals surface area contributed by atoms with Gasteiger partial charge in [0.1, 0.15) is 0 Å². The quantitative estimate of drug-likeness (QED) is 0.683. The van der Waals surface area contributed by atoms with E-state index < -0.39 is 0 Å². The van der Waals surface area contributed by atoms with Crippen LogP contribution < -0.4 is 0 Å². The van der Waals surface area contributed by atoms with Crippen LogP contribution in [0.2, 0.25) is 0 Å². The predicted molar refractivity (Wildman–Crippen MR) is 61.1 cm³/mol. The van der Waals surface area contributed by atoms with E-state index in [0.717, 1.165) is 0 Å². The fourth-order valence-corrected chi connectivity index (χ4v) is 1.91. The molecule has 0 amide bonds. The Bertz CT molecular complexity index is 284. The van der Waals surface area contributed by atoms with Gasteiger partial charge < -0.3 is 0 Å². The molecule has 1 aromatic heterocycles. The summed E-state index contributed by atoms with van der Waals surface area (Å²) in [6.45, 7) is 6.45. The van der Waals surface area contributed by atoms with Gasteiger partial charge in [0, 0.05) is 9.70 Å². The Morgan fingerprint density at radius 3 is 2.75 bits per heavy atom. The molecule has 0 aliphatic rings. The van der Waals surface area contributed by atoms with Crippen LogP contribution in [-0.4, -0.2) is 4.83 Å². The highest BCUT2D eigenvalue weighted by Crippen LogP contribution is 2.21. The Morgan fingerprint density at radius 2 is 2.33 bits per heavy atom. The average Bonchev–Trinajstić information content (AvgIpc) is 2.36. The molecular formula is C10H13BrS. The highest BCUT2D eigenvalue weighted by molar-refractivity contribution is 9.09. The molecule has 0 bridgehead atoms. The second-order valence-electron chi connectivity index (χ2n) is 2.97. The smallest absolute Gasteiger partial charge is 0.0327 e. The summed E-state index contributed by atoms with van der Waals surface area (Å²) < 4.78 is 0. The first-order valence-electron chi connectivity index (χ1n) is 3.97. The van der Waals surface area contributed by atoms with Crippen molar-refractivity contribution in [2.24, 2.45) is 0 Å². The fourth-order valence-electron chi connectivity index (χ4n) is 0.854. The van der Waals surface area contributed by atoms with Crippen molar-refractivity contribution in [2.75, 3.05) is 0 Å².